The molecule has 0 saturated heterocycles. The van der Waals surface area contributed by atoms with E-state index in [0.717, 1.165) is 0 Å². The molecule has 1 fully saturated rings. The van der Waals surface area contributed by atoms with Gasteiger partial charge in [-0.2, -0.15) is 0 Å². The lowest BCUT2D eigenvalue weighted by molar-refractivity contribution is -0.121. The average Bonchev–Trinajstić information content (AvgIpc) is 2.41. The van der Waals surface area contributed by atoms with Gasteiger partial charge in [0.2, 0.25) is 0 Å². The monoisotopic (exact) mass is 262 g/mol. The van der Waals surface area contributed by atoms with E-state index >= 15 is 0 Å². The molecule has 1 amide bonds. The molecule has 5 nitrogen and oxygen atoms in total. The van der Waals surface area contributed by atoms with Gasteiger partial charge in [0.25, 0.3) is 11.5 Å². The predicted octanol–water partition coefficient (Wildman–Crippen LogP) is 0.969. The molecule has 0 spiro atoms. The lowest BCUT2D eigenvalue weighted by Gasteiger charge is -2.30. The zero-order valence-corrected chi connectivity index (χ0v) is 11.3. The van der Waals surface area contributed by atoms with E-state index in [-0.39, 0.29) is 23.3 Å². The Balaban J connectivity index is 2.12. The van der Waals surface area contributed by atoms with Gasteiger partial charge in [0.15, 0.2) is 0 Å². The van der Waals surface area contributed by atoms with Crippen LogP contribution in [0.5, 0.6) is 0 Å². The number of nitrogens with zero attached hydrogens (tertiary/aromatic N) is 2. The molecular formula is C14H18N2O3. The SMILES string of the molecule is CN(C(=O)c1ccn(C)c(=O)c1)C1CCC(=O)CC1. The zero-order valence-electron chi connectivity index (χ0n) is 11.3. The molecule has 5 heteroatoms. The molecule has 2 rings (SSSR count). The standard InChI is InChI=1S/C14H18N2O3/c1-15-8-7-10(9-13(15)18)14(19)16(2)11-3-5-12(17)6-4-11/h7-9,11H,3-6H2,1-2H3. The van der Waals surface area contributed by atoms with Crippen molar-refractivity contribution in [1.29, 1.82) is 0 Å². The van der Waals surface area contributed by atoms with Crippen LogP contribution in [0, 0.1) is 0 Å². The molecule has 19 heavy (non-hydrogen) atoms. The summed E-state index contributed by atoms with van der Waals surface area (Å²) >= 11 is 0. The first kappa shape index (κ1) is 13.5. The number of rotatable bonds is 2. The van der Waals surface area contributed by atoms with Crippen molar-refractivity contribution in [2.24, 2.45) is 7.05 Å². The second-order valence-electron chi connectivity index (χ2n) is 5.05. The number of hydrogen-bond donors (Lipinski definition) is 0. The van der Waals surface area contributed by atoms with Crippen molar-refractivity contribution in [3.05, 3.63) is 34.2 Å². The molecule has 1 aromatic rings. The highest BCUT2D eigenvalue weighted by Gasteiger charge is 2.25. The molecule has 0 N–H and O–H groups in total. The van der Waals surface area contributed by atoms with Gasteiger partial charge in [0, 0.05) is 50.8 Å². The van der Waals surface area contributed by atoms with Gasteiger partial charge in [-0.15, -0.1) is 0 Å². The van der Waals surface area contributed by atoms with Crippen LogP contribution in [0.4, 0.5) is 0 Å². The fraction of sp³-hybridized carbons (Fsp3) is 0.500. The Morgan fingerprint density at radius 3 is 2.53 bits per heavy atom. The average molecular weight is 262 g/mol. The van der Waals surface area contributed by atoms with Crippen LogP contribution in [-0.2, 0) is 11.8 Å². The predicted molar refractivity (Wildman–Crippen MR) is 71.0 cm³/mol. The van der Waals surface area contributed by atoms with Crippen LogP contribution in [0.2, 0.25) is 0 Å². The van der Waals surface area contributed by atoms with E-state index in [9.17, 15) is 14.4 Å². The molecule has 1 heterocycles. The largest absolute Gasteiger partial charge is 0.339 e. The summed E-state index contributed by atoms with van der Waals surface area (Å²) in [5.74, 6) is 0.114. The summed E-state index contributed by atoms with van der Waals surface area (Å²) in [5.41, 5.74) is 0.209. The van der Waals surface area contributed by atoms with Crippen LogP contribution in [0.3, 0.4) is 0 Å². The number of carbonyl (C=O) groups excluding carboxylic acids is 2. The summed E-state index contributed by atoms with van der Waals surface area (Å²) in [6.07, 6.45) is 4.10. The lowest BCUT2D eigenvalue weighted by atomic mass is 9.93. The summed E-state index contributed by atoms with van der Waals surface area (Å²) in [6, 6.07) is 3.09. The van der Waals surface area contributed by atoms with E-state index in [2.05, 4.69) is 0 Å². The highest BCUT2D eigenvalue weighted by Crippen LogP contribution is 2.20. The Kier molecular flexibility index (Phi) is 3.83. The second kappa shape index (κ2) is 5.38. The highest BCUT2D eigenvalue weighted by molar-refractivity contribution is 5.94. The summed E-state index contributed by atoms with van der Waals surface area (Å²) in [4.78, 5) is 36.7. The molecule has 0 aromatic carbocycles. The number of Topliss-reactive ketones (excluding diaryl/α,β-unsaturated/α-hetero) is 1. The molecular weight excluding hydrogens is 244 g/mol. The van der Waals surface area contributed by atoms with Gasteiger partial charge in [-0.05, 0) is 18.9 Å². The topological polar surface area (TPSA) is 59.4 Å². The van der Waals surface area contributed by atoms with Crippen molar-refractivity contribution in [3.63, 3.8) is 0 Å². The molecule has 1 aliphatic rings. The van der Waals surface area contributed by atoms with Gasteiger partial charge in [0.1, 0.15) is 5.78 Å². The zero-order chi connectivity index (χ0) is 14.0. The van der Waals surface area contributed by atoms with E-state index < -0.39 is 0 Å². The minimum absolute atomic E-state index is 0.0919. The van der Waals surface area contributed by atoms with Crippen molar-refractivity contribution in [2.45, 2.75) is 31.7 Å². The second-order valence-corrected chi connectivity index (χ2v) is 5.05. The summed E-state index contributed by atoms with van der Waals surface area (Å²) in [5, 5.41) is 0. The number of pyridine rings is 1. The fourth-order valence-electron chi connectivity index (χ4n) is 2.36. The Labute approximate surface area is 111 Å². The van der Waals surface area contributed by atoms with Crippen molar-refractivity contribution in [3.8, 4) is 0 Å². The van der Waals surface area contributed by atoms with E-state index in [4.69, 9.17) is 0 Å². The quantitative estimate of drug-likeness (QED) is 0.798. The Bertz CT molecular complexity index is 552. The maximum Gasteiger partial charge on any atom is 0.254 e. The van der Waals surface area contributed by atoms with Gasteiger partial charge >= 0.3 is 0 Å². The minimum Gasteiger partial charge on any atom is -0.339 e. The summed E-state index contributed by atoms with van der Waals surface area (Å²) in [7, 11) is 3.38. The maximum absolute atomic E-state index is 12.3. The highest BCUT2D eigenvalue weighted by atomic mass is 16.2. The molecule has 0 unspecified atom stereocenters. The number of carbonyl (C=O) groups is 2. The van der Waals surface area contributed by atoms with Gasteiger partial charge in [-0.3, -0.25) is 14.4 Å². The first-order valence-electron chi connectivity index (χ1n) is 6.44. The van der Waals surface area contributed by atoms with Gasteiger partial charge < -0.3 is 9.47 Å². The molecule has 1 aliphatic carbocycles. The van der Waals surface area contributed by atoms with Gasteiger partial charge in [0.05, 0.1) is 0 Å². The van der Waals surface area contributed by atoms with Crippen LogP contribution in [0.25, 0.3) is 0 Å². The van der Waals surface area contributed by atoms with Crippen molar-refractivity contribution < 1.29 is 9.59 Å². The third-order valence-corrected chi connectivity index (χ3v) is 3.73. The molecule has 0 radical (unpaired) electrons. The lowest BCUT2D eigenvalue weighted by Crippen LogP contribution is -2.40. The van der Waals surface area contributed by atoms with Crippen LogP contribution in [0.1, 0.15) is 36.0 Å². The van der Waals surface area contributed by atoms with Crippen LogP contribution < -0.4 is 5.56 Å². The van der Waals surface area contributed by atoms with Crippen molar-refractivity contribution in [2.75, 3.05) is 7.05 Å². The fourth-order valence-corrected chi connectivity index (χ4v) is 2.36. The number of aryl methyl sites for hydroxylation is 1. The molecule has 102 valence electrons. The molecule has 0 atom stereocenters. The number of aromatic nitrogens is 1. The number of amides is 1. The molecule has 0 bridgehead atoms. The smallest absolute Gasteiger partial charge is 0.254 e. The van der Waals surface area contributed by atoms with E-state index in [0.29, 0.717) is 31.2 Å². The normalized spacial score (nSPS) is 16.4. The van der Waals surface area contributed by atoms with Gasteiger partial charge in [-0.1, -0.05) is 0 Å². The summed E-state index contributed by atoms with van der Waals surface area (Å²) in [6.45, 7) is 0. The maximum atomic E-state index is 12.3. The number of ketones is 1. The molecule has 1 aromatic heterocycles. The Hall–Kier alpha value is -1.91. The first-order chi connectivity index (χ1) is 8.99. The number of hydrogen-bond acceptors (Lipinski definition) is 3. The summed E-state index contributed by atoms with van der Waals surface area (Å²) < 4.78 is 1.43. The third kappa shape index (κ3) is 2.92. The Morgan fingerprint density at radius 1 is 1.32 bits per heavy atom. The van der Waals surface area contributed by atoms with Crippen LogP contribution >= 0.6 is 0 Å². The molecule has 0 aliphatic heterocycles. The van der Waals surface area contributed by atoms with E-state index in [1.165, 1.54) is 10.6 Å². The van der Waals surface area contributed by atoms with Crippen LogP contribution in [0.15, 0.2) is 23.1 Å². The minimum atomic E-state index is -0.196. The Morgan fingerprint density at radius 2 is 1.95 bits per heavy atom. The molecule has 1 saturated carbocycles. The third-order valence-electron chi connectivity index (χ3n) is 3.73. The van der Waals surface area contributed by atoms with Crippen molar-refractivity contribution >= 4 is 11.7 Å². The first-order valence-corrected chi connectivity index (χ1v) is 6.44. The van der Waals surface area contributed by atoms with Gasteiger partial charge in [-0.25, -0.2) is 0 Å². The van der Waals surface area contributed by atoms with E-state index in [1.54, 1.807) is 31.3 Å². The van der Waals surface area contributed by atoms with E-state index in [1.807, 2.05) is 0 Å². The van der Waals surface area contributed by atoms with Crippen LogP contribution in [-0.4, -0.2) is 34.2 Å². The van der Waals surface area contributed by atoms with Crippen molar-refractivity contribution in [1.82, 2.24) is 9.47 Å².